The Morgan fingerprint density at radius 3 is 1.77 bits per heavy atom. The molecule has 0 radical (unpaired) electrons. The molecule has 0 amide bonds. The van der Waals surface area contributed by atoms with Crippen LogP contribution < -0.4 is 12.4 Å². The lowest BCUT2D eigenvalue weighted by Crippen LogP contribution is -3.00. The molecule has 0 spiro atoms. The number of aliphatic carboxylic acids is 1. The summed E-state index contributed by atoms with van der Waals surface area (Å²) in [7, 11) is 6.45. The molecule has 2 aromatic carbocycles. The predicted octanol–water partition coefficient (Wildman–Crippen LogP) is 4.80. The van der Waals surface area contributed by atoms with E-state index in [1.807, 2.05) is 30.3 Å². The fraction of sp³-hybridized carbons (Fsp3) is 0.515. The second kappa shape index (κ2) is 22.1. The Bertz CT molecular complexity index is 956. The van der Waals surface area contributed by atoms with Crippen molar-refractivity contribution in [1.29, 1.82) is 5.26 Å². The van der Waals surface area contributed by atoms with Crippen LogP contribution in [0.1, 0.15) is 82.3 Å². The quantitative estimate of drug-likeness (QED) is 0.132. The van der Waals surface area contributed by atoms with Gasteiger partial charge in [0.1, 0.15) is 12.6 Å². The second-order valence-corrected chi connectivity index (χ2v) is 10.8. The van der Waals surface area contributed by atoms with E-state index in [-0.39, 0.29) is 18.0 Å². The van der Waals surface area contributed by atoms with Crippen molar-refractivity contribution >= 4 is 5.97 Å². The summed E-state index contributed by atoms with van der Waals surface area (Å²) in [5.74, 6) is -1.21. The van der Waals surface area contributed by atoms with Gasteiger partial charge in [-0.25, -0.2) is 4.79 Å². The zero-order valence-corrected chi connectivity index (χ0v) is 25.4. The van der Waals surface area contributed by atoms with Gasteiger partial charge in [0, 0.05) is 25.4 Å². The van der Waals surface area contributed by atoms with Crippen molar-refractivity contribution < 1.29 is 26.8 Å². The van der Waals surface area contributed by atoms with E-state index < -0.39 is 5.97 Å². The first-order valence-corrected chi connectivity index (χ1v) is 14.2. The largest absolute Gasteiger partial charge is 1.00 e. The Hall–Kier alpha value is -2.81. The summed E-state index contributed by atoms with van der Waals surface area (Å²) >= 11 is 0. The molecule has 0 aliphatic rings. The number of carboxylic acid groups (broad SMARTS) is 1. The molecule has 6 heteroatoms. The topological polar surface area (TPSA) is 64.3 Å². The van der Waals surface area contributed by atoms with E-state index in [9.17, 15) is 4.79 Å². The molecule has 0 aliphatic heterocycles. The number of quaternary nitrogens is 1. The Morgan fingerprint density at radius 1 is 0.846 bits per heavy atom. The first kappa shape index (κ1) is 36.2. The number of benzene rings is 2. The van der Waals surface area contributed by atoms with Crippen LogP contribution in [0.3, 0.4) is 0 Å². The monoisotopic (exact) mass is 555 g/mol. The van der Waals surface area contributed by atoms with Gasteiger partial charge < -0.3 is 26.9 Å². The van der Waals surface area contributed by atoms with E-state index in [1.165, 1.54) is 82.5 Å². The predicted molar refractivity (Wildman–Crippen MR) is 158 cm³/mol. The van der Waals surface area contributed by atoms with Crippen LogP contribution in [-0.2, 0) is 17.9 Å². The standard InChI is InChI=1S/C21H38N.C12H12N2O2.ClH/c1-4-5-6-7-8-9-10-11-12-16-19-22(2,3)20-21-17-14-13-15-18-21;1-14(9-11(7-13)12(15)16)8-10-5-3-2-4-6-10;/h13-15,17-18H,4-12,16,19-20H2,1-3H3;2-6,9H,8H2,1H3,(H,15,16);1H/q+1;;/p-1/b;11-9+;. The summed E-state index contributed by atoms with van der Waals surface area (Å²) in [5.41, 5.74) is 2.25. The number of hydrogen-bond donors (Lipinski definition) is 1. The normalized spacial score (nSPS) is 11.0. The number of rotatable bonds is 17. The molecular weight excluding hydrogens is 506 g/mol. The van der Waals surface area contributed by atoms with Crippen molar-refractivity contribution in [2.75, 3.05) is 27.7 Å². The summed E-state index contributed by atoms with van der Waals surface area (Å²) in [4.78, 5) is 12.3. The molecule has 0 atom stereocenters. The summed E-state index contributed by atoms with van der Waals surface area (Å²) in [6.45, 7) is 5.31. The van der Waals surface area contributed by atoms with Crippen molar-refractivity contribution in [2.24, 2.45) is 0 Å². The fourth-order valence-electron chi connectivity index (χ4n) is 4.45. The lowest BCUT2D eigenvalue weighted by atomic mass is 10.1. The van der Waals surface area contributed by atoms with E-state index in [4.69, 9.17) is 10.4 Å². The highest BCUT2D eigenvalue weighted by Gasteiger charge is 2.14. The molecule has 39 heavy (non-hydrogen) atoms. The van der Waals surface area contributed by atoms with Crippen molar-refractivity contribution in [3.05, 3.63) is 83.6 Å². The maximum absolute atomic E-state index is 10.6. The highest BCUT2D eigenvalue weighted by molar-refractivity contribution is 5.90. The van der Waals surface area contributed by atoms with Gasteiger partial charge in [0.2, 0.25) is 0 Å². The highest BCUT2D eigenvalue weighted by atomic mass is 35.5. The van der Waals surface area contributed by atoms with E-state index in [0.29, 0.717) is 6.54 Å². The molecular formula is C33H50ClN3O2. The minimum Gasteiger partial charge on any atom is -1.00 e. The zero-order chi connectivity index (χ0) is 28.1. The molecule has 2 aromatic rings. The summed E-state index contributed by atoms with van der Waals surface area (Å²) in [5, 5.41) is 17.3. The van der Waals surface area contributed by atoms with Gasteiger partial charge in [0.05, 0.1) is 20.6 Å². The maximum Gasteiger partial charge on any atom is 0.347 e. The van der Waals surface area contributed by atoms with Gasteiger partial charge in [0.25, 0.3) is 0 Å². The van der Waals surface area contributed by atoms with Crippen molar-refractivity contribution in [1.82, 2.24) is 4.90 Å². The number of carbonyl (C=O) groups is 1. The minimum atomic E-state index is -1.21. The van der Waals surface area contributed by atoms with E-state index in [1.54, 1.807) is 18.0 Å². The van der Waals surface area contributed by atoms with Crippen LogP contribution >= 0.6 is 0 Å². The van der Waals surface area contributed by atoms with Crippen molar-refractivity contribution in [3.8, 4) is 6.07 Å². The molecule has 0 unspecified atom stereocenters. The SMILES string of the molecule is CCCCCCCCCCCC[N+](C)(C)Cc1ccccc1.CN(/C=C(\C#N)C(=O)O)Cc1ccccc1.[Cl-]. The Balaban J connectivity index is 0.000000756. The molecule has 0 saturated heterocycles. The third kappa shape index (κ3) is 19.0. The van der Waals surface area contributed by atoms with E-state index in [0.717, 1.165) is 16.6 Å². The van der Waals surface area contributed by atoms with E-state index >= 15 is 0 Å². The number of hydrogen-bond acceptors (Lipinski definition) is 3. The molecule has 0 aromatic heterocycles. The average Bonchev–Trinajstić information content (AvgIpc) is 2.89. The van der Waals surface area contributed by atoms with Gasteiger partial charge in [-0.2, -0.15) is 5.26 Å². The molecule has 2 rings (SSSR count). The number of carboxylic acids is 1. The smallest absolute Gasteiger partial charge is 0.347 e. The molecule has 0 fully saturated rings. The van der Waals surface area contributed by atoms with Gasteiger partial charge >= 0.3 is 5.97 Å². The number of unbranched alkanes of at least 4 members (excludes halogenated alkanes) is 9. The van der Waals surface area contributed by atoms with Gasteiger partial charge in [-0.15, -0.1) is 0 Å². The third-order valence-corrected chi connectivity index (χ3v) is 6.55. The molecule has 0 bridgehead atoms. The van der Waals surface area contributed by atoms with Crippen LogP contribution in [0, 0.1) is 11.3 Å². The van der Waals surface area contributed by atoms with Crippen LogP contribution in [0.15, 0.2) is 72.4 Å². The molecule has 0 heterocycles. The van der Waals surface area contributed by atoms with Crippen LogP contribution in [0.25, 0.3) is 0 Å². The van der Waals surface area contributed by atoms with Crippen LogP contribution in [0.4, 0.5) is 0 Å². The first-order chi connectivity index (χ1) is 18.3. The zero-order valence-electron chi connectivity index (χ0n) is 24.6. The van der Waals surface area contributed by atoms with Crippen molar-refractivity contribution in [3.63, 3.8) is 0 Å². The summed E-state index contributed by atoms with van der Waals surface area (Å²) < 4.78 is 1.11. The molecule has 1 N–H and O–H groups in total. The minimum absolute atomic E-state index is 0. The van der Waals surface area contributed by atoms with E-state index in [2.05, 4.69) is 51.4 Å². The molecule has 5 nitrogen and oxygen atoms in total. The lowest BCUT2D eigenvalue weighted by Gasteiger charge is -2.30. The lowest BCUT2D eigenvalue weighted by molar-refractivity contribution is -0.903. The second-order valence-electron chi connectivity index (χ2n) is 10.8. The maximum atomic E-state index is 10.6. The highest BCUT2D eigenvalue weighted by Crippen LogP contribution is 2.14. The third-order valence-electron chi connectivity index (χ3n) is 6.55. The van der Waals surface area contributed by atoms with Gasteiger partial charge in [-0.05, 0) is 18.4 Å². The first-order valence-electron chi connectivity index (χ1n) is 14.2. The molecule has 0 aliphatic carbocycles. The van der Waals surface area contributed by atoms with Gasteiger partial charge in [-0.1, -0.05) is 119 Å². The Labute approximate surface area is 244 Å². The number of halogens is 1. The van der Waals surface area contributed by atoms with Gasteiger partial charge in [-0.3, -0.25) is 0 Å². The molecule has 216 valence electrons. The Morgan fingerprint density at radius 2 is 1.31 bits per heavy atom. The number of nitriles is 1. The summed E-state index contributed by atoms with van der Waals surface area (Å²) in [6.07, 6.45) is 15.6. The average molecular weight is 556 g/mol. The molecule has 0 saturated carbocycles. The number of nitrogens with zero attached hydrogens (tertiary/aromatic N) is 3. The Kier molecular flexibility index (Phi) is 20.5. The van der Waals surface area contributed by atoms with Crippen molar-refractivity contribution in [2.45, 2.75) is 84.2 Å². The fourth-order valence-corrected chi connectivity index (χ4v) is 4.45. The van der Waals surface area contributed by atoms with Crippen LogP contribution in [0.5, 0.6) is 0 Å². The van der Waals surface area contributed by atoms with Gasteiger partial charge in [0.15, 0.2) is 5.57 Å². The van der Waals surface area contributed by atoms with Crippen LogP contribution in [-0.4, -0.2) is 48.1 Å². The van der Waals surface area contributed by atoms with Crippen LogP contribution in [0.2, 0.25) is 0 Å². The summed E-state index contributed by atoms with van der Waals surface area (Å²) in [6, 6.07) is 22.2.